The predicted molar refractivity (Wildman–Crippen MR) is 159 cm³/mol. The molecule has 1 aliphatic carbocycles. The molecule has 200 valence electrons. The highest BCUT2D eigenvalue weighted by Gasteiger charge is 2.39. The van der Waals surface area contributed by atoms with Gasteiger partial charge < -0.3 is 18.9 Å². The minimum absolute atomic E-state index is 0.198. The van der Waals surface area contributed by atoms with Crippen LogP contribution in [0.4, 0.5) is 5.69 Å². The second-order valence-corrected chi connectivity index (χ2v) is 21.1. The average Bonchev–Trinajstić information content (AvgIpc) is 2.79. The Morgan fingerprint density at radius 1 is 0.972 bits per heavy atom. The molecule has 0 fully saturated rings. The van der Waals surface area contributed by atoms with Gasteiger partial charge in [-0.1, -0.05) is 53.7 Å². The summed E-state index contributed by atoms with van der Waals surface area (Å²) < 4.78 is 18.4. The number of benzene rings is 2. The van der Waals surface area contributed by atoms with Crippen molar-refractivity contribution in [2.45, 2.75) is 96.4 Å². The lowest BCUT2D eigenvalue weighted by Gasteiger charge is -2.37. The van der Waals surface area contributed by atoms with Crippen LogP contribution < -0.4 is 14.5 Å². The molecule has 2 unspecified atom stereocenters. The lowest BCUT2D eigenvalue weighted by Crippen LogP contribution is -2.43. The molecule has 4 nitrogen and oxygen atoms in total. The Labute approximate surface area is 223 Å². The monoisotopic (exact) mass is 527 g/mol. The number of ether oxygens (including phenoxy) is 1. The zero-order valence-corrected chi connectivity index (χ0v) is 26.5. The topological polar surface area (TPSA) is 39.7 Å². The first-order valence-corrected chi connectivity index (χ1v) is 18.7. The highest BCUT2D eigenvalue weighted by atomic mass is 28.4. The minimum atomic E-state index is -1.84. The van der Waals surface area contributed by atoms with E-state index in [9.17, 15) is 0 Å². The third-order valence-electron chi connectivity index (χ3n) is 8.29. The second-order valence-electron chi connectivity index (χ2n) is 13.0. The molecule has 2 atom stereocenters. The molecule has 0 aliphatic heterocycles. The fraction of sp³-hybridized carbons (Fsp3) is 0.600. The van der Waals surface area contributed by atoms with Crippen molar-refractivity contribution >= 4 is 23.0 Å². The summed E-state index contributed by atoms with van der Waals surface area (Å²) in [5, 5.41) is 4.15. The Balaban J connectivity index is 1.71. The van der Waals surface area contributed by atoms with Gasteiger partial charge in [-0.05, 0) is 89.8 Å². The van der Waals surface area contributed by atoms with Crippen LogP contribution in [-0.4, -0.2) is 37.6 Å². The van der Waals surface area contributed by atoms with Gasteiger partial charge in [0, 0.05) is 18.3 Å². The van der Waals surface area contributed by atoms with Crippen molar-refractivity contribution < 1.29 is 13.6 Å². The number of methoxy groups -OCH3 is 1. The SMILES string of the molecule is COc1ccc(C2CCc3cc(O[Si](C)(C)C(C)(C)C)ccc3C2)c(NCCO[SiH](C)C(C)(C)C)c1. The Bertz CT molecular complexity index is 1020. The molecule has 0 amide bonds. The standard InChI is InChI=1S/C30H49NO3Si2/c1-29(2,3)35(8)33-18-17-31-28-21-25(32-7)15-16-27(28)24-12-11-23-20-26(14-13-22(23)19-24)34-36(9,10)30(4,5)6/h13-16,20-21,24,31,35H,11-12,17-19H2,1-10H3. The van der Waals surface area contributed by atoms with Crippen molar-refractivity contribution in [3.63, 3.8) is 0 Å². The van der Waals surface area contributed by atoms with Crippen LogP contribution in [0.1, 0.15) is 70.6 Å². The molecular weight excluding hydrogens is 479 g/mol. The molecule has 0 spiro atoms. The van der Waals surface area contributed by atoms with Gasteiger partial charge in [0.25, 0.3) is 0 Å². The highest BCUT2D eigenvalue weighted by Crippen LogP contribution is 2.41. The summed E-state index contributed by atoms with van der Waals surface area (Å²) in [6.07, 6.45) is 3.28. The van der Waals surface area contributed by atoms with Gasteiger partial charge in [0.1, 0.15) is 11.5 Å². The van der Waals surface area contributed by atoms with Crippen LogP contribution in [0.15, 0.2) is 36.4 Å². The van der Waals surface area contributed by atoms with Crippen molar-refractivity contribution in [2.75, 3.05) is 25.6 Å². The van der Waals surface area contributed by atoms with Crippen LogP contribution in [0.2, 0.25) is 29.7 Å². The summed E-state index contributed by atoms with van der Waals surface area (Å²) in [6.45, 7) is 22.2. The smallest absolute Gasteiger partial charge is 0.250 e. The van der Waals surface area contributed by atoms with Crippen LogP contribution in [0.25, 0.3) is 0 Å². The van der Waals surface area contributed by atoms with Gasteiger partial charge in [-0.15, -0.1) is 0 Å². The van der Waals surface area contributed by atoms with E-state index in [0.29, 0.717) is 5.92 Å². The maximum atomic E-state index is 6.59. The lowest BCUT2D eigenvalue weighted by atomic mass is 9.79. The van der Waals surface area contributed by atoms with E-state index in [-0.39, 0.29) is 10.1 Å². The van der Waals surface area contributed by atoms with Gasteiger partial charge >= 0.3 is 0 Å². The largest absolute Gasteiger partial charge is 0.543 e. The van der Waals surface area contributed by atoms with E-state index in [2.05, 4.69) is 103 Å². The molecular formula is C30H49NO3Si2. The third kappa shape index (κ3) is 7.17. The first kappa shape index (κ1) is 28.8. The molecule has 1 aliphatic rings. The van der Waals surface area contributed by atoms with Crippen LogP contribution >= 0.6 is 0 Å². The van der Waals surface area contributed by atoms with Gasteiger partial charge in [-0.25, -0.2) is 0 Å². The summed E-state index contributed by atoms with van der Waals surface area (Å²) in [6, 6.07) is 13.3. The molecule has 0 heterocycles. The molecule has 3 rings (SSSR count). The Morgan fingerprint density at radius 3 is 2.31 bits per heavy atom. The van der Waals surface area contributed by atoms with Gasteiger partial charge in [0.15, 0.2) is 9.04 Å². The lowest BCUT2D eigenvalue weighted by molar-refractivity contribution is 0.320. The number of aryl methyl sites for hydroxylation is 1. The molecule has 1 N–H and O–H groups in total. The van der Waals surface area contributed by atoms with Crippen LogP contribution in [0, 0.1) is 0 Å². The van der Waals surface area contributed by atoms with E-state index in [1.807, 2.05) is 0 Å². The third-order valence-corrected chi connectivity index (χ3v) is 15.8. The van der Waals surface area contributed by atoms with Crippen molar-refractivity contribution in [3.8, 4) is 11.5 Å². The van der Waals surface area contributed by atoms with Crippen LogP contribution in [0.5, 0.6) is 11.5 Å². The van der Waals surface area contributed by atoms with E-state index in [0.717, 1.165) is 43.9 Å². The van der Waals surface area contributed by atoms with Crippen molar-refractivity contribution in [1.29, 1.82) is 0 Å². The summed E-state index contributed by atoms with van der Waals surface area (Å²) >= 11 is 0. The van der Waals surface area contributed by atoms with Crippen LogP contribution in [-0.2, 0) is 17.3 Å². The maximum absolute atomic E-state index is 6.59. The summed E-state index contributed by atoms with van der Waals surface area (Å²) in [4.78, 5) is 0. The number of fused-ring (bicyclic) bond motifs is 1. The number of hydrogen-bond acceptors (Lipinski definition) is 4. The first-order valence-electron chi connectivity index (χ1n) is 13.6. The molecule has 0 saturated carbocycles. The quantitative estimate of drug-likeness (QED) is 0.265. The summed E-state index contributed by atoms with van der Waals surface area (Å²) in [7, 11) is -1.31. The highest BCUT2D eigenvalue weighted by molar-refractivity contribution is 6.74. The molecule has 0 bridgehead atoms. The molecule has 0 saturated heterocycles. The molecule has 0 aromatic heterocycles. The van der Waals surface area contributed by atoms with E-state index in [4.69, 9.17) is 13.6 Å². The van der Waals surface area contributed by atoms with E-state index < -0.39 is 17.4 Å². The van der Waals surface area contributed by atoms with Crippen LogP contribution in [0.3, 0.4) is 0 Å². The van der Waals surface area contributed by atoms with Crippen molar-refractivity contribution in [2.24, 2.45) is 0 Å². The number of rotatable bonds is 9. The van der Waals surface area contributed by atoms with Gasteiger partial charge in [0.05, 0.1) is 13.7 Å². The molecule has 36 heavy (non-hydrogen) atoms. The number of anilines is 1. The molecule has 6 heteroatoms. The fourth-order valence-electron chi connectivity index (χ4n) is 4.35. The normalized spacial score (nSPS) is 17.3. The van der Waals surface area contributed by atoms with Crippen molar-refractivity contribution in [1.82, 2.24) is 0 Å². The number of nitrogens with one attached hydrogen (secondary N) is 1. The predicted octanol–water partition coefficient (Wildman–Crippen LogP) is 7.93. The minimum Gasteiger partial charge on any atom is -0.543 e. The Kier molecular flexibility index (Phi) is 9.05. The van der Waals surface area contributed by atoms with Gasteiger partial charge in [0.2, 0.25) is 8.32 Å². The molecule has 2 aromatic carbocycles. The average molecular weight is 528 g/mol. The summed E-state index contributed by atoms with van der Waals surface area (Å²) in [5.74, 6) is 2.42. The first-order chi connectivity index (χ1) is 16.7. The van der Waals surface area contributed by atoms with Gasteiger partial charge in [-0.2, -0.15) is 0 Å². The van der Waals surface area contributed by atoms with E-state index in [1.165, 1.54) is 22.4 Å². The fourth-order valence-corrected chi connectivity index (χ4v) is 6.34. The Morgan fingerprint density at radius 2 is 1.67 bits per heavy atom. The maximum Gasteiger partial charge on any atom is 0.250 e. The molecule has 0 radical (unpaired) electrons. The van der Waals surface area contributed by atoms with E-state index >= 15 is 0 Å². The summed E-state index contributed by atoms with van der Waals surface area (Å²) in [5.41, 5.74) is 5.45. The van der Waals surface area contributed by atoms with Gasteiger partial charge in [-0.3, -0.25) is 0 Å². The zero-order valence-electron chi connectivity index (χ0n) is 24.4. The zero-order chi connectivity index (χ0) is 26.7. The van der Waals surface area contributed by atoms with E-state index in [1.54, 1.807) is 7.11 Å². The van der Waals surface area contributed by atoms with Crippen molar-refractivity contribution in [3.05, 3.63) is 53.1 Å². The Hall–Kier alpha value is -1.77. The second kappa shape index (κ2) is 11.3. The molecule has 2 aromatic rings. The number of hydrogen-bond donors (Lipinski definition) is 1.